The van der Waals surface area contributed by atoms with Gasteiger partial charge in [-0.1, -0.05) is 12.1 Å². The van der Waals surface area contributed by atoms with Crippen LogP contribution in [0.2, 0.25) is 0 Å². The molecule has 198 valence electrons. The van der Waals surface area contributed by atoms with E-state index in [1.165, 1.54) is 17.1 Å². The molecule has 0 bridgehead atoms. The van der Waals surface area contributed by atoms with E-state index in [2.05, 4.69) is 25.6 Å². The van der Waals surface area contributed by atoms with Crippen molar-refractivity contribution in [2.45, 2.75) is 19.3 Å². The molecule has 0 fully saturated rings. The lowest BCUT2D eigenvalue weighted by Crippen LogP contribution is -2.21. The Bertz CT molecular complexity index is 1420. The number of anilines is 1. The summed E-state index contributed by atoms with van der Waals surface area (Å²) >= 11 is 0. The number of benzene rings is 2. The maximum atomic E-state index is 12.5. The van der Waals surface area contributed by atoms with E-state index >= 15 is 0 Å². The third-order valence-corrected chi connectivity index (χ3v) is 4.76. The quantitative estimate of drug-likeness (QED) is 0.204. The summed E-state index contributed by atoms with van der Waals surface area (Å²) in [7, 11) is 0. The fraction of sp³-hybridized carbons (Fsp3) is 0.136. The molecule has 13 nitrogen and oxygen atoms in total. The van der Waals surface area contributed by atoms with Crippen LogP contribution in [0.4, 0.5) is 24.5 Å². The molecule has 0 aliphatic heterocycles. The Morgan fingerprint density at radius 2 is 1.76 bits per heavy atom. The minimum Gasteiger partial charge on any atom is -0.475 e. The van der Waals surface area contributed by atoms with Crippen LogP contribution in [0, 0.1) is 10.1 Å². The number of amides is 1. The summed E-state index contributed by atoms with van der Waals surface area (Å²) in [5.41, 5.74) is 8.25. The highest BCUT2D eigenvalue weighted by Crippen LogP contribution is 2.19. The van der Waals surface area contributed by atoms with E-state index in [1.54, 1.807) is 36.4 Å². The number of nitrogens with two attached hydrogens (primary N) is 1. The number of nitro groups is 1. The van der Waals surface area contributed by atoms with Gasteiger partial charge in [-0.3, -0.25) is 24.7 Å². The smallest absolute Gasteiger partial charge is 0.475 e. The minimum absolute atomic E-state index is 0.0649. The number of nitrogens with one attached hydrogen (secondary N) is 2. The predicted molar refractivity (Wildman–Crippen MR) is 126 cm³/mol. The van der Waals surface area contributed by atoms with Gasteiger partial charge >= 0.3 is 17.8 Å². The number of halogens is 3. The molecule has 2 aromatic heterocycles. The number of hydrogen-bond acceptors (Lipinski definition) is 8. The molecule has 38 heavy (non-hydrogen) atoms. The summed E-state index contributed by atoms with van der Waals surface area (Å²) in [5, 5.41) is 31.5. The standard InChI is InChI=1S/C20H18N8O3.C2HF3O2/c21-9-18-24-19(26-25-18)14-5-7-16(8-6-14)23-20(29)15-3-1-13(2-4-15)11-27-12-17(10-22-27)28(30)31;3-2(4,5)1(6)7/h1-8,10,12H,9,11,21H2,(H,23,29)(H,24,25,26);(H,6,7). The van der Waals surface area contributed by atoms with Crippen LogP contribution < -0.4 is 11.1 Å². The van der Waals surface area contributed by atoms with Crippen LogP contribution in [0.3, 0.4) is 0 Å². The number of aromatic amines is 1. The van der Waals surface area contributed by atoms with Crippen molar-refractivity contribution < 1.29 is 32.8 Å². The summed E-state index contributed by atoms with van der Waals surface area (Å²) < 4.78 is 33.2. The molecule has 0 spiro atoms. The topological polar surface area (TPSA) is 195 Å². The molecule has 2 aromatic carbocycles. The molecule has 16 heteroatoms. The van der Waals surface area contributed by atoms with Crippen LogP contribution in [0.5, 0.6) is 0 Å². The monoisotopic (exact) mass is 532 g/mol. The second-order valence-electron chi connectivity index (χ2n) is 7.49. The Kier molecular flexibility index (Phi) is 8.49. The van der Waals surface area contributed by atoms with Crippen LogP contribution >= 0.6 is 0 Å². The molecule has 0 aliphatic carbocycles. The second kappa shape index (κ2) is 11.7. The lowest BCUT2D eigenvalue weighted by Gasteiger charge is -2.07. The van der Waals surface area contributed by atoms with Crippen LogP contribution in [0.1, 0.15) is 21.7 Å². The lowest BCUT2D eigenvalue weighted by atomic mass is 10.1. The maximum absolute atomic E-state index is 12.5. The fourth-order valence-corrected chi connectivity index (χ4v) is 2.90. The minimum atomic E-state index is -5.08. The first-order valence-corrected chi connectivity index (χ1v) is 10.6. The van der Waals surface area contributed by atoms with Crippen molar-refractivity contribution in [3.8, 4) is 11.4 Å². The van der Waals surface area contributed by atoms with E-state index in [0.717, 1.165) is 11.1 Å². The number of carboxylic acid groups (broad SMARTS) is 1. The lowest BCUT2D eigenvalue weighted by molar-refractivity contribution is -0.385. The summed E-state index contributed by atoms with van der Waals surface area (Å²) in [6.45, 7) is 0.645. The number of nitrogens with zero attached hydrogens (tertiary/aromatic N) is 5. The van der Waals surface area contributed by atoms with Crippen molar-refractivity contribution in [1.82, 2.24) is 25.0 Å². The van der Waals surface area contributed by atoms with Crippen LogP contribution in [-0.4, -0.2) is 53.0 Å². The van der Waals surface area contributed by atoms with E-state index in [1.807, 2.05) is 12.1 Å². The van der Waals surface area contributed by atoms with E-state index < -0.39 is 17.1 Å². The first-order chi connectivity index (χ1) is 18.0. The Morgan fingerprint density at radius 3 is 2.26 bits per heavy atom. The molecule has 1 amide bonds. The number of aromatic nitrogens is 5. The molecule has 0 unspecified atom stereocenters. The van der Waals surface area contributed by atoms with Crippen molar-refractivity contribution in [2.24, 2.45) is 5.73 Å². The zero-order chi connectivity index (χ0) is 27.9. The normalized spacial score (nSPS) is 10.8. The number of rotatable bonds is 7. The zero-order valence-corrected chi connectivity index (χ0v) is 19.2. The van der Waals surface area contributed by atoms with Crippen molar-refractivity contribution >= 4 is 23.3 Å². The molecule has 4 aromatic rings. The molecule has 4 rings (SSSR count). The van der Waals surface area contributed by atoms with E-state index in [9.17, 15) is 28.1 Å². The second-order valence-corrected chi connectivity index (χ2v) is 7.49. The van der Waals surface area contributed by atoms with Gasteiger partial charge in [0.2, 0.25) is 0 Å². The predicted octanol–water partition coefficient (Wildman–Crippen LogP) is 2.97. The van der Waals surface area contributed by atoms with Gasteiger partial charge in [-0.2, -0.15) is 23.4 Å². The first-order valence-electron chi connectivity index (χ1n) is 10.6. The van der Waals surface area contributed by atoms with E-state index in [0.29, 0.717) is 29.4 Å². The van der Waals surface area contributed by atoms with E-state index in [4.69, 9.17) is 15.6 Å². The highest BCUT2D eigenvalue weighted by atomic mass is 19.4. The van der Waals surface area contributed by atoms with Crippen molar-refractivity contribution in [1.29, 1.82) is 0 Å². The number of aliphatic carboxylic acids is 1. The fourth-order valence-electron chi connectivity index (χ4n) is 2.90. The zero-order valence-electron chi connectivity index (χ0n) is 19.2. The van der Waals surface area contributed by atoms with Gasteiger partial charge in [-0.05, 0) is 42.0 Å². The Morgan fingerprint density at radius 1 is 1.13 bits per heavy atom. The number of hydrogen-bond donors (Lipinski definition) is 4. The van der Waals surface area contributed by atoms with Gasteiger partial charge in [-0.25, -0.2) is 9.78 Å². The van der Waals surface area contributed by atoms with Gasteiger partial charge in [0.1, 0.15) is 18.2 Å². The third-order valence-electron chi connectivity index (χ3n) is 4.76. The highest BCUT2D eigenvalue weighted by Gasteiger charge is 2.38. The number of carbonyl (C=O) groups excluding carboxylic acids is 1. The largest absolute Gasteiger partial charge is 0.490 e. The summed E-state index contributed by atoms with van der Waals surface area (Å²) in [5.74, 6) is -1.87. The average Bonchev–Trinajstić information content (AvgIpc) is 3.55. The molecule has 5 N–H and O–H groups in total. The van der Waals surface area contributed by atoms with Gasteiger partial charge in [0.05, 0.1) is 18.0 Å². The van der Waals surface area contributed by atoms with Gasteiger partial charge in [0, 0.05) is 16.8 Å². The maximum Gasteiger partial charge on any atom is 0.490 e. The number of H-pyrrole nitrogens is 1. The number of alkyl halides is 3. The van der Waals surface area contributed by atoms with Crippen LogP contribution in [-0.2, 0) is 17.9 Å². The molecule has 2 heterocycles. The summed E-state index contributed by atoms with van der Waals surface area (Å²) in [4.78, 5) is 35.9. The highest BCUT2D eigenvalue weighted by molar-refractivity contribution is 6.04. The average molecular weight is 532 g/mol. The third kappa shape index (κ3) is 7.44. The summed E-state index contributed by atoms with van der Waals surface area (Å²) in [6.07, 6.45) is -2.52. The molecular weight excluding hydrogens is 513 g/mol. The van der Waals surface area contributed by atoms with Crippen LogP contribution in [0.25, 0.3) is 11.4 Å². The molecule has 0 saturated heterocycles. The Balaban J connectivity index is 0.000000505. The Hall–Kier alpha value is -5.12. The summed E-state index contributed by atoms with van der Waals surface area (Å²) in [6, 6.07) is 14.1. The number of carbonyl (C=O) groups is 2. The van der Waals surface area contributed by atoms with Crippen molar-refractivity contribution in [2.75, 3.05) is 5.32 Å². The number of carboxylic acids is 1. The molecule has 0 aliphatic rings. The van der Waals surface area contributed by atoms with Crippen LogP contribution in [0.15, 0.2) is 60.9 Å². The first kappa shape index (κ1) is 27.5. The van der Waals surface area contributed by atoms with Crippen molar-refractivity contribution in [3.05, 3.63) is 88.0 Å². The van der Waals surface area contributed by atoms with Gasteiger partial charge in [0.15, 0.2) is 5.82 Å². The molecule has 0 saturated carbocycles. The van der Waals surface area contributed by atoms with E-state index in [-0.39, 0.29) is 18.1 Å². The molecular formula is C22H19F3N8O5. The van der Waals surface area contributed by atoms with Crippen molar-refractivity contribution in [3.63, 3.8) is 0 Å². The van der Waals surface area contributed by atoms with Gasteiger partial charge in [-0.15, -0.1) is 0 Å². The van der Waals surface area contributed by atoms with Gasteiger partial charge < -0.3 is 16.2 Å². The molecule has 0 radical (unpaired) electrons. The van der Waals surface area contributed by atoms with Gasteiger partial charge in [0.25, 0.3) is 5.91 Å². The Labute approximate surface area is 211 Å². The molecule has 0 atom stereocenters. The SMILES string of the molecule is NCc1nc(-c2ccc(NC(=O)c3ccc(Cn4cc([N+](=O)[O-])cn4)cc3)cc2)n[nH]1.O=C(O)C(F)(F)F.